The van der Waals surface area contributed by atoms with Crippen molar-refractivity contribution in [2.75, 3.05) is 18.4 Å². The van der Waals surface area contributed by atoms with E-state index in [4.69, 9.17) is 0 Å². The molecule has 0 aromatic heterocycles. The van der Waals surface area contributed by atoms with Crippen LogP contribution < -0.4 is 5.32 Å². The van der Waals surface area contributed by atoms with Gasteiger partial charge in [-0.15, -0.1) is 0 Å². The Bertz CT molecular complexity index is 436. The zero-order valence-electron chi connectivity index (χ0n) is 12.7. The molecule has 1 aliphatic heterocycles. The van der Waals surface area contributed by atoms with Gasteiger partial charge in [-0.3, -0.25) is 9.69 Å². The minimum atomic E-state index is 0.00714. The molecule has 0 aliphatic carbocycles. The SMILES string of the molecule is CCC(C(=O)Nc1ccccc1C)N1CCCCCC1. The van der Waals surface area contributed by atoms with Gasteiger partial charge >= 0.3 is 0 Å². The molecule has 0 radical (unpaired) electrons. The second-order valence-electron chi connectivity index (χ2n) is 5.68. The molecule has 1 saturated heterocycles. The average Bonchev–Trinajstić information content (AvgIpc) is 2.71. The Balaban J connectivity index is 2.03. The van der Waals surface area contributed by atoms with Crippen molar-refractivity contribution >= 4 is 11.6 Å². The van der Waals surface area contributed by atoms with E-state index < -0.39 is 0 Å². The first-order valence-corrected chi connectivity index (χ1v) is 7.83. The number of carbonyl (C=O) groups excluding carboxylic acids is 1. The summed E-state index contributed by atoms with van der Waals surface area (Å²) in [4.78, 5) is 14.9. The lowest BCUT2D eigenvalue weighted by Crippen LogP contribution is -2.44. The molecule has 2 rings (SSSR count). The lowest BCUT2D eigenvalue weighted by molar-refractivity contribution is -0.121. The monoisotopic (exact) mass is 274 g/mol. The third kappa shape index (κ3) is 3.83. The fraction of sp³-hybridized carbons (Fsp3) is 0.588. The van der Waals surface area contributed by atoms with Gasteiger partial charge in [-0.25, -0.2) is 0 Å². The fourth-order valence-electron chi connectivity index (χ4n) is 2.95. The van der Waals surface area contributed by atoms with Gasteiger partial charge in [0.1, 0.15) is 0 Å². The normalized spacial score (nSPS) is 18.3. The van der Waals surface area contributed by atoms with E-state index in [0.717, 1.165) is 30.8 Å². The minimum absolute atomic E-state index is 0.00714. The van der Waals surface area contributed by atoms with Crippen molar-refractivity contribution in [3.8, 4) is 0 Å². The van der Waals surface area contributed by atoms with Gasteiger partial charge in [-0.1, -0.05) is 38.0 Å². The van der Waals surface area contributed by atoms with Crippen LogP contribution in [-0.2, 0) is 4.79 Å². The third-order valence-electron chi connectivity index (χ3n) is 4.17. The summed E-state index contributed by atoms with van der Waals surface area (Å²) < 4.78 is 0. The van der Waals surface area contributed by atoms with E-state index in [2.05, 4.69) is 17.1 Å². The van der Waals surface area contributed by atoms with Crippen LogP contribution in [0.1, 0.15) is 44.6 Å². The topological polar surface area (TPSA) is 32.3 Å². The molecule has 1 aromatic rings. The van der Waals surface area contributed by atoms with E-state index in [9.17, 15) is 4.79 Å². The highest BCUT2D eigenvalue weighted by Crippen LogP contribution is 2.18. The summed E-state index contributed by atoms with van der Waals surface area (Å²) >= 11 is 0. The summed E-state index contributed by atoms with van der Waals surface area (Å²) in [6.07, 6.45) is 5.90. The largest absolute Gasteiger partial charge is 0.324 e. The first kappa shape index (κ1) is 15.0. The van der Waals surface area contributed by atoms with Crippen LogP contribution in [0.2, 0.25) is 0 Å². The van der Waals surface area contributed by atoms with E-state index in [0.29, 0.717) is 0 Å². The van der Waals surface area contributed by atoms with Gasteiger partial charge in [-0.2, -0.15) is 0 Å². The molecule has 3 nitrogen and oxygen atoms in total. The Morgan fingerprint density at radius 3 is 2.45 bits per heavy atom. The van der Waals surface area contributed by atoms with E-state index in [1.54, 1.807) is 0 Å². The highest BCUT2D eigenvalue weighted by molar-refractivity contribution is 5.95. The van der Waals surface area contributed by atoms with Gasteiger partial charge in [0.25, 0.3) is 0 Å². The maximum atomic E-state index is 12.6. The van der Waals surface area contributed by atoms with Crippen LogP contribution >= 0.6 is 0 Å². The number of amides is 1. The van der Waals surface area contributed by atoms with Crippen LogP contribution in [0, 0.1) is 6.92 Å². The molecule has 1 unspecified atom stereocenters. The Morgan fingerprint density at radius 2 is 1.85 bits per heavy atom. The number of anilines is 1. The summed E-state index contributed by atoms with van der Waals surface area (Å²) in [6.45, 7) is 6.24. The first-order chi connectivity index (χ1) is 9.72. The molecule has 1 heterocycles. The molecule has 3 heteroatoms. The molecule has 0 saturated carbocycles. The molecular formula is C17H26N2O. The van der Waals surface area contributed by atoms with Crippen LogP contribution in [0.15, 0.2) is 24.3 Å². The van der Waals surface area contributed by atoms with E-state index >= 15 is 0 Å². The first-order valence-electron chi connectivity index (χ1n) is 7.83. The van der Waals surface area contributed by atoms with Gasteiger partial charge in [0, 0.05) is 5.69 Å². The standard InChI is InChI=1S/C17H26N2O/c1-3-16(19-12-8-4-5-9-13-19)17(20)18-15-11-7-6-10-14(15)2/h6-7,10-11,16H,3-5,8-9,12-13H2,1-2H3,(H,18,20). The Hall–Kier alpha value is -1.35. The van der Waals surface area contributed by atoms with Crippen LogP contribution in [0.3, 0.4) is 0 Å². The zero-order chi connectivity index (χ0) is 14.4. The van der Waals surface area contributed by atoms with Gasteiger partial charge in [-0.05, 0) is 50.9 Å². The van der Waals surface area contributed by atoms with Crippen LogP contribution in [0.5, 0.6) is 0 Å². The molecule has 1 atom stereocenters. The van der Waals surface area contributed by atoms with Crippen molar-refractivity contribution < 1.29 is 4.79 Å². The Kier molecular flexibility index (Phi) is 5.60. The lowest BCUT2D eigenvalue weighted by Gasteiger charge is -2.29. The van der Waals surface area contributed by atoms with Crippen LogP contribution in [0.25, 0.3) is 0 Å². The molecule has 0 spiro atoms. The van der Waals surface area contributed by atoms with Crippen LogP contribution in [-0.4, -0.2) is 29.9 Å². The molecule has 20 heavy (non-hydrogen) atoms. The van der Waals surface area contributed by atoms with Gasteiger partial charge in [0.05, 0.1) is 6.04 Å². The van der Waals surface area contributed by atoms with E-state index in [1.165, 1.54) is 25.7 Å². The summed E-state index contributed by atoms with van der Waals surface area (Å²) in [7, 11) is 0. The van der Waals surface area contributed by atoms with Crippen molar-refractivity contribution in [1.29, 1.82) is 0 Å². The second-order valence-corrected chi connectivity index (χ2v) is 5.68. The molecule has 1 aliphatic rings. The number of hydrogen-bond acceptors (Lipinski definition) is 2. The molecule has 0 bridgehead atoms. The lowest BCUT2D eigenvalue weighted by atomic mass is 10.1. The highest BCUT2D eigenvalue weighted by Gasteiger charge is 2.25. The van der Waals surface area contributed by atoms with Gasteiger partial charge in [0.2, 0.25) is 5.91 Å². The number of hydrogen-bond donors (Lipinski definition) is 1. The molecule has 110 valence electrons. The zero-order valence-corrected chi connectivity index (χ0v) is 12.7. The molecule has 1 N–H and O–H groups in total. The number of likely N-dealkylation sites (tertiary alicyclic amines) is 1. The van der Waals surface area contributed by atoms with Gasteiger partial charge in [0.15, 0.2) is 0 Å². The number of carbonyl (C=O) groups is 1. The van der Waals surface area contributed by atoms with Crippen molar-refractivity contribution in [3.63, 3.8) is 0 Å². The highest BCUT2D eigenvalue weighted by atomic mass is 16.2. The number of benzene rings is 1. The second kappa shape index (κ2) is 7.44. The quantitative estimate of drug-likeness (QED) is 0.910. The predicted octanol–water partition coefficient (Wildman–Crippen LogP) is 3.59. The van der Waals surface area contributed by atoms with Crippen molar-refractivity contribution in [1.82, 2.24) is 4.90 Å². The Labute approximate surface area is 122 Å². The fourth-order valence-corrected chi connectivity index (χ4v) is 2.95. The number of rotatable bonds is 4. The molecule has 1 fully saturated rings. The van der Waals surface area contributed by atoms with Gasteiger partial charge < -0.3 is 5.32 Å². The number of nitrogens with one attached hydrogen (secondary N) is 1. The predicted molar refractivity (Wildman–Crippen MR) is 83.9 cm³/mol. The number of nitrogens with zero attached hydrogens (tertiary/aromatic N) is 1. The molecular weight excluding hydrogens is 248 g/mol. The number of aryl methyl sites for hydroxylation is 1. The van der Waals surface area contributed by atoms with Crippen molar-refractivity contribution in [2.45, 2.75) is 52.0 Å². The summed E-state index contributed by atoms with van der Waals surface area (Å²) in [5.41, 5.74) is 2.05. The summed E-state index contributed by atoms with van der Waals surface area (Å²) in [5.74, 6) is 0.142. The molecule has 1 aromatic carbocycles. The Morgan fingerprint density at radius 1 is 1.20 bits per heavy atom. The number of para-hydroxylation sites is 1. The van der Waals surface area contributed by atoms with Crippen LogP contribution in [0.4, 0.5) is 5.69 Å². The maximum absolute atomic E-state index is 12.6. The minimum Gasteiger partial charge on any atom is -0.324 e. The van der Waals surface area contributed by atoms with Crippen molar-refractivity contribution in [3.05, 3.63) is 29.8 Å². The van der Waals surface area contributed by atoms with Crippen molar-refractivity contribution in [2.24, 2.45) is 0 Å². The maximum Gasteiger partial charge on any atom is 0.241 e. The summed E-state index contributed by atoms with van der Waals surface area (Å²) in [6, 6.07) is 7.98. The molecule has 1 amide bonds. The summed E-state index contributed by atoms with van der Waals surface area (Å²) in [5, 5.41) is 3.10. The smallest absolute Gasteiger partial charge is 0.241 e. The van der Waals surface area contributed by atoms with E-state index in [-0.39, 0.29) is 11.9 Å². The van der Waals surface area contributed by atoms with E-state index in [1.807, 2.05) is 31.2 Å². The average molecular weight is 274 g/mol. The third-order valence-corrected chi connectivity index (χ3v) is 4.17.